The molecule has 1 atom stereocenters. The molecular formula is C12H18N2O2. The minimum Gasteiger partial charge on any atom is -0.469 e. The Labute approximate surface area is 95.7 Å². The van der Waals surface area contributed by atoms with Gasteiger partial charge in [-0.1, -0.05) is 6.08 Å². The fraction of sp³-hybridized carbons (Fsp3) is 0.417. The quantitative estimate of drug-likeness (QED) is 0.679. The number of furan rings is 1. The largest absolute Gasteiger partial charge is 0.469 e. The monoisotopic (exact) mass is 222 g/mol. The van der Waals surface area contributed by atoms with Gasteiger partial charge in [0.1, 0.15) is 5.76 Å². The standard InChI is InChI=1S/C12H18N2O2/c1-3-7-14-12(15)10(2)13-8-6-11-5-4-9-16-11/h3-5,9-10,13H,1,6-8H2,2H3,(H,14,15). The Bertz CT molecular complexity index is 320. The maximum Gasteiger partial charge on any atom is 0.237 e. The fourth-order valence-electron chi connectivity index (χ4n) is 1.29. The van der Waals surface area contributed by atoms with Crippen LogP contribution >= 0.6 is 0 Å². The Balaban J connectivity index is 2.16. The van der Waals surface area contributed by atoms with Crippen molar-refractivity contribution in [3.05, 3.63) is 36.8 Å². The van der Waals surface area contributed by atoms with Crippen LogP contribution in [0.2, 0.25) is 0 Å². The van der Waals surface area contributed by atoms with Crippen LogP contribution in [0, 0.1) is 0 Å². The summed E-state index contributed by atoms with van der Waals surface area (Å²) in [7, 11) is 0. The van der Waals surface area contributed by atoms with E-state index in [0.717, 1.165) is 18.7 Å². The molecule has 1 unspecified atom stereocenters. The maximum atomic E-state index is 11.4. The van der Waals surface area contributed by atoms with Crippen molar-refractivity contribution in [1.29, 1.82) is 0 Å². The van der Waals surface area contributed by atoms with E-state index in [2.05, 4.69) is 17.2 Å². The summed E-state index contributed by atoms with van der Waals surface area (Å²) in [6, 6.07) is 3.58. The molecule has 1 aromatic rings. The van der Waals surface area contributed by atoms with Gasteiger partial charge in [-0.2, -0.15) is 0 Å². The average Bonchev–Trinajstić information content (AvgIpc) is 2.78. The molecule has 0 aliphatic rings. The molecule has 2 N–H and O–H groups in total. The number of carbonyl (C=O) groups is 1. The molecule has 4 nitrogen and oxygen atoms in total. The summed E-state index contributed by atoms with van der Waals surface area (Å²) in [5, 5.41) is 5.86. The number of hydrogen-bond donors (Lipinski definition) is 2. The Morgan fingerprint density at radius 2 is 2.50 bits per heavy atom. The normalized spacial score (nSPS) is 12.1. The highest BCUT2D eigenvalue weighted by Gasteiger charge is 2.10. The van der Waals surface area contributed by atoms with Crippen LogP contribution in [0.3, 0.4) is 0 Å². The Morgan fingerprint density at radius 3 is 3.12 bits per heavy atom. The molecule has 88 valence electrons. The molecule has 0 aliphatic heterocycles. The first-order chi connectivity index (χ1) is 7.74. The Hall–Kier alpha value is -1.55. The van der Waals surface area contributed by atoms with Crippen molar-refractivity contribution in [3.63, 3.8) is 0 Å². The van der Waals surface area contributed by atoms with Crippen molar-refractivity contribution in [2.24, 2.45) is 0 Å². The van der Waals surface area contributed by atoms with Crippen molar-refractivity contribution >= 4 is 5.91 Å². The van der Waals surface area contributed by atoms with Crippen molar-refractivity contribution in [1.82, 2.24) is 10.6 Å². The SMILES string of the molecule is C=CCNC(=O)C(C)NCCc1ccco1. The van der Waals surface area contributed by atoms with Gasteiger partial charge in [-0.25, -0.2) is 0 Å². The summed E-state index contributed by atoms with van der Waals surface area (Å²) in [4.78, 5) is 11.4. The number of carbonyl (C=O) groups excluding carboxylic acids is 1. The predicted molar refractivity (Wildman–Crippen MR) is 63.1 cm³/mol. The van der Waals surface area contributed by atoms with Crippen LogP contribution in [0.5, 0.6) is 0 Å². The lowest BCUT2D eigenvalue weighted by Gasteiger charge is -2.12. The fourth-order valence-corrected chi connectivity index (χ4v) is 1.29. The first-order valence-electron chi connectivity index (χ1n) is 5.38. The molecule has 0 saturated carbocycles. The molecule has 0 saturated heterocycles. The third-order valence-corrected chi connectivity index (χ3v) is 2.22. The topological polar surface area (TPSA) is 54.3 Å². The summed E-state index contributed by atoms with van der Waals surface area (Å²) in [6.45, 7) is 6.60. The van der Waals surface area contributed by atoms with Gasteiger partial charge >= 0.3 is 0 Å². The molecule has 1 heterocycles. The van der Waals surface area contributed by atoms with Gasteiger partial charge in [-0.3, -0.25) is 4.79 Å². The third kappa shape index (κ3) is 4.31. The van der Waals surface area contributed by atoms with E-state index in [4.69, 9.17) is 4.42 Å². The predicted octanol–water partition coefficient (Wildman–Crippen LogP) is 1.10. The highest BCUT2D eigenvalue weighted by molar-refractivity contribution is 5.81. The molecule has 4 heteroatoms. The van der Waals surface area contributed by atoms with Crippen LogP contribution in [-0.2, 0) is 11.2 Å². The van der Waals surface area contributed by atoms with Crippen molar-refractivity contribution < 1.29 is 9.21 Å². The summed E-state index contributed by atoms with van der Waals surface area (Å²) in [5.41, 5.74) is 0. The highest BCUT2D eigenvalue weighted by atomic mass is 16.3. The summed E-state index contributed by atoms with van der Waals surface area (Å²) in [5.74, 6) is 0.908. The molecule has 1 aromatic heterocycles. The van der Waals surface area contributed by atoms with E-state index < -0.39 is 0 Å². The van der Waals surface area contributed by atoms with Crippen LogP contribution in [0.25, 0.3) is 0 Å². The van der Waals surface area contributed by atoms with Crippen LogP contribution in [0.4, 0.5) is 0 Å². The van der Waals surface area contributed by atoms with E-state index in [1.807, 2.05) is 19.1 Å². The summed E-state index contributed by atoms with van der Waals surface area (Å²) < 4.78 is 5.19. The smallest absolute Gasteiger partial charge is 0.237 e. The zero-order chi connectivity index (χ0) is 11.8. The van der Waals surface area contributed by atoms with E-state index in [0.29, 0.717) is 6.54 Å². The lowest BCUT2D eigenvalue weighted by molar-refractivity contribution is -0.122. The molecule has 1 amide bonds. The Morgan fingerprint density at radius 1 is 1.69 bits per heavy atom. The third-order valence-electron chi connectivity index (χ3n) is 2.22. The van der Waals surface area contributed by atoms with E-state index in [1.54, 1.807) is 12.3 Å². The van der Waals surface area contributed by atoms with Gasteiger partial charge in [0.15, 0.2) is 0 Å². The van der Waals surface area contributed by atoms with E-state index in [-0.39, 0.29) is 11.9 Å². The molecule has 0 spiro atoms. The maximum absolute atomic E-state index is 11.4. The molecular weight excluding hydrogens is 204 g/mol. The first-order valence-corrected chi connectivity index (χ1v) is 5.38. The number of nitrogens with one attached hydrogen (secondary N) is 2. The average molecular weight is 222 g/mol. The Kier molecular flexibility index (Phi) is 5.36. The molecule has 0 radical (unpaired) electrons. The second-order valence-electron chi connectivity index (χ2n) is 3.54. The minimum absolute atomic E-state index is 0.0145. The minimum atomic E-state index is -0.199. The van der Waals surface area contributed by atoms with E-state index in [9.17, 15) is 4.79 Å². The lowest BCUT2D eigenvalue weighted by Crippen LogP contribution is -2.42. The van der Waals surface area contributed by atoms with Gasteiger partial charge < -0.3 is 15.1 Å². The summed E-state index contributed by atoms with van der Waals surface area (Å²) in [6.07, 6.45) is 4.09. The van der Waals surface area contributed by atoms with Crippen molar-refractivity contribution in [2.45, 2.75) is 19.4 Å². The number of rotatable bonds is 7. The second-order valence-corrected chi connectivity index (χ2v) is 3.54. The summed E-state index contributed by atoms with van der Waals surface area (Å²) >= 11 is 0. The van der Waals surface area contributed by atoms with Gasteiger partial charge in [0, 0.05) is 19.5 Å². The molecule has 16 heavy (non-hydrogen) atoms. The van der Waals surface area contributed by atoms with Crippen LogP contribution in [0.15, 0.2) is 35.5 Å². The zero-order valence-corrected chi connectivity index (χ0v) is 9.53. The van der Waals surface area contributed by atoms with Gasteiger partial charge in [0.2, 0.25) is 5.91 Å². The number of amides is 1. The molecule has 0 bridgehead atoms. The molecule has 0 aromatic carbocycles. The molecule has 1 rings (SSSR count). The molecule has 0 fully saturated rings. The number of hydrogen-bond acceptors (Lipinski definition) is 3. The molecule has 0 aliphatic carbocycles. The van der Waals surface area contributed by atoms with E-state index >= 15 is 0 Å². The van der Waals surface area contributed by atoms with Crippen LogP contribution in [0.1, 0.15) is 12.7 Å². The van der Waals surface area contributed by atoms with Crippen LogP contribution in [-0.4, -0.2) is 25.0 Å². The van der Waals surface area contributed by atoms with Gasteiger partial charge in [0.05, 0.1) is 12.3 Å². The highest BCUT2D eigenvalue weighted by Crippen LogP contribution is 1.99. The van der Waals surface area contributed by atoms with Gasteiger partial charge in [-0.15, -0.1) is 6.58 Å². The second kappa shape index (κ2) is 6.85. The van der Waals surface area contributed by atoms with Crippen LogP contribution < -0.4 is 10.6 Å². The van der Waals surface area contributed by atoms with Gasteiger partial charge in [0.25, 0.3) is 0 Å². The van der Waals surface area contributed by atoms with Gasteiger partial charge in [-0.05, 0) is 19.1 Å². The first kappa shape index (κ1) is 12.5. The van der Waals surface area contributed by atoms with Crippen molar-refractivity contribution in [2.75, 3.05) is 13.1 Å². The van der Waals surface area contributed by atoms with E-state index in [1.165, 1.54) is 0 Å². The van der Waals surface area contributed by atoms with Crippen molar-refractivity contribution in [3.8, 4) is 0 Å². The zero-order valence-electron chi connectivity index (χ0n) is 9.53. The lowest BCUT2D eigenvalue weighted by atomic mass is 10.2.